The van der Waals surface area contributed by atoms with Gasteiger partial charge in [0.25, 0.3) is 0 Å². The van der Waals surface area contributed by atoms with Crippen molar-refractivity contribution in [2.75, 3.05) is 26.9 Å². The van der Waals surface area contributed by atoms with E-state index >= 15 is 4.39 Å². The third-order valence-electron chi connectivity index (χ3n) is 5.28. The molecule has 1 aliphatic rings. The highest BCUT2D eigenvalue weighted by molar-refractivity contribution is 7.88. The van der Waals surface area contributed by atoms with Gasteiger partial charge in [0.1, 0.15) is 23.6 Å². The van der Waals surface area contributed by atoms with Gasteiger partial charge >= 0.3 is 6.03 Å². The molecule has 1 aliphatic heterocycles. The Morgan fingerprint density at radius 1 is 1.16 bits per heavy atom. The number of carbonyl (C=O) groups is 1. The molecular formula is C21H23F4N3O3S. The number of halogens is 4. The molecule has 1 fully saturated rings. The van der Waals surface area contributed by atoms with E-state index in [0.29, 0.717) is 0 Å². The molecule has 1 heterocycles. The number of hydrogen-bond donors (Lipinski definition) is 1. The fraction of sp³-hybridized carbons (Fsp3) is 0.381. The Balaban J connectivity index is 2.03. The van der Waals surface area contributed by atoms with Crippen molar-refractivity contribution in [3.05, 3.63) is 59.4 Å². The molecule has 0 bridgehead atoms. The number of alkyl halides is 1. The van der Waals surface area contributed by atoms with E-state index in [-0.39, 0.29) is 29.7 Å². The van der Waals surface area contributed by atoms with E-state index in [1.807, 2.05) is 0 Å². The molecule has 2 aromatic rings. The molecule has 0 unspecified atom stereocenters. The first-order valence-corrected chi connectivity index (χ1v) is 11.6. The number of amides is 2. The number of nitrogens with one attached hydrogen (secondary N) is 1. The van der Waals surface area contributed by atoms with Gasteiger partial charge in [0, 0.05) is 25.2 Å². The molecule has 1 N–H and O–H groups in total. The molecule has 6 nitrogen and oxygen atoms in total. The summed E-state index contributed by atoms with van der Waals surface area (Å²) in [6.07, 6.45) is -1.10. The quantitative estimate of drug-likeness (QED) is 0.679. The predicted octanol–water partition coefficient (Wildman–Crippen LogP) is 2.94. The van der Waals surface area contributed by atoms with Gasteiger partial charge in [-0.25, -0.2) is 35.5 Å². The summed E-state index contributed by atoms with van der Waals surface area (Å²) in [5, 5.41) is 0. The third-order valence-corrected chi connectivity index (χ3v) is 5.98. The van der Waals surface area contributed by atoms with Crippen molar-refractivity contribution in [1.82, 2.24) is 14.5 Å². The first-order chi connectivity index (χ1) is 14.9. The average molecular weight is 473 g/mol. The number of likely N-dealkylation sites (tertiary alicyclic amines) is 1. The fourth-order valence-electron chi connectivity index (χ4n) is 3.86. The van der Waals surface area contributed by atoms with Crippen LogP contribution in [-0.2, 0) is 16.4 Å². The minimum absolute atomic E-state index is 0.00196. The highest BCUT2D eigenvalue weighted by atomic mass is 32.2. The second-order valence-corrected chi connectivity index (χ2v) is 9.72. The van der Waals surface area contributed by atoms with Crippen LogP contribution in [0.4, 0.5) is 22.4 Å². The number of urea groups is 1. The highest BCUT2D eigenvalue weighted by Gasteiger charge is 2.46. The van der Waals surface area contributed by atoms with Gasteiger partial charge in [0.05, 0.1) is 24.9 Å². The molecule has 32 heavy (non-hydrogen) atoms. The summed E-state index contributed by atoms with van der Waals surface area (Å²) in [5.41, 5.74) is -0.485. The van der Waals surface area contributed by atoms with Crippen LogP contribution in [0, 0.1) is 17.5 Å². The van der Waals surface area contributed by atoms with Crippen molar-refractivity contribution in [2.45, 2.75) is 24.7 Å². The molecule has 0 saturated carbocycles. The summed E-state index contributed by atoms with van der Waals surface area (Å²) in [6, 6.07) is 3.81. The van der Waals surface area contributed by atoms with Gasteiger partial charge in [-0.05, 0) is 30.2 Å². The van der Waals surface area contributed by atoms with E-state index in [0.717, 1.165) is 29.4 Å². The molecule has 3 atom stereocenters. The van der Waals surface area contributed by atoms with Crippen molar-refractivity contribution in [1.29, 1.82) is 0 Å². The minimum atomic E-state index is -3.83. The van der Waals surface area contributed by atoms with Crippen LogP contribution >= 0.6 is 0 Å². The highest BCUT2D eigenvalue weighted by Crippen LogP contribution is 2.31. The number of hydrogen-bond acceptors (Lipinski definition) is 3. The molecule has 174 valence electrons. The Morgan fingerprint density at radius 3 is 2.47 bits per heavy atom. The summed E-state index contributed by atoms with van der Waals surface area (Å²) in [7, 11) is -0.921. The monoisotopic (exact) mass is 473 g/mol. The van der Waals surface area contributed by atoms with Gasteiger partial charge in [0.2, 0.25) is 10.0 Å². The van der Waals surface area contributed by atoms with E-state index in [1.165, 1.54) is 37.2 Å². The third kappa shape index (κ3) is 5.04. The number of nitrogens with zero attached hydrogens (tertiary/aromatic N) is 2. The summed E-state index contributed by atoms with van der Waals surface area (Å²) >= 11 is 0. The van der Waals surface area contributed by atoms with Crippen LogP contribution in [0.15, 0.2) is 36.4 Å². The van der Waals surface area contributed by atoms with Crippen LogP contribution in [0.5, 0.6) is 0 Å². The Morgan fingerprint density at radius 2 is 1.84 bits per heavy atom. The molecule has 3 rings (SSSR count). The zero-order valence-electron chi connectivity index (χ0n) is 17.6. The van der Waals surface area contributed by atoms with E-state index in [4.69, 9.17) is 0 Å². The molecule has 1 saturated heterocycles. The largest absolute Gasteiger partial charge is 0.331 e. The lowest BCUT2D eigenvalue weighted by atomic mass is 9.95. The second-order valence-electron chi connectivity index (χ2n) is 7.94. The maximum atomic E-state index is 15.3. The maximum Gasteiger partial charge on any atom is 0.319 e. The van der Waals surface area contributed by atoms with Gasteiger partial charge in [-0.1, -0.05) is 18.2 Å². The lowest BCUT2D eigenvalue weighted by Gasteiger charge is -2.30. The lowest BCUT2D eigenvalue weighted by molar-refractivity contribution is 0.161. The molecule has 2 amide bonds. The van der Waals surface area contributed by atoms with Crippen molar-refractivity contribution in [3.63, 3.8) is 0 Å². The van der Waals surface area contributed by atoms with Crippen molar-refractivity contribution in [2.24, 2.45) is 0 Å². The Hall–Kier alpha value is -2.66. The van der Waals surface area contributed by atoms with Crippen LogP contribution in [0.25, 0.3) is 11.1 Å². The van der Waals surface area contributed by atoms with Crippen LogP contribution in [-0.4, -0.2) is 69.4 Å². The summed E-state index contributed by atoms with van der Waals surface area (Å²) in [6.45, 7) is -0.380. The molecule has 0 spiro atoms. The van der Waals surface area contributed by atoms with Crippen molar-refractivity contribution >= 4 is 16.1 Å². The van der Waals surface area contributed by atoms with Gasteiger partial charge in [-0.3, -0.25) is 0 Å². The van der Waals surface area contributed by atoms with Crippen molar-refractivity contribution < 1.29 is 30.8 Å². The zero-order chi connectivity index (χ0) is 23.8. The smallest absolute Gasteiger partial charge is 0.319 e. The Bertz CT molecular complexity index is 1130. The molecule has 2 aromatic carbocycles. The number of rotatable bonds is 5. The standard InChI is InChI=1S/C21H23F4N3O3S/c1-27(2)21(29)28-11-17(24)20(26-32(3,30)31)18(28)9-12-5-4-6-14(19(12)25)15-10-13(22)7-8-16(15)23/h4-8,10,17-18,20,26H,9,11H2,1-3H3/t17-,18-,20-/m0/s1. The van der Waals surface area contributed by atoms with Gasteiger partial charge in [-0.2, -0.15) is 0 Å². The first-order valence-electron chi connectivity index (χ1n) is 9.71. The molecule has 11 heteroatoms. The number of carbonyl (C=O) groups excluding carboxylic acids is 1. The van der Waals surface area contributed by atoms with E-state index in [1.54, 1.807) is 0 Å². The SMILES string of the molecule is CN(C)C(=O)N1C[C@H](F)[C@H](NS(C)(=O)=O)[C@@H]1Cc1cccc(-c2cc(F)ccc2F)c1F. The van der Waals surface area contributed by atoms with E-state index in [2.05, 4.69) is 4.72 Å². The normalized spacial score (nSPS) is 21.1. The van der Waals surface area contributed by atoms with Crippen molar-refractivity contribution in [3.8, 4) is 11.1 Å². The predicted molar refractivity (Wildman–Crippen MR) is 112 cm³/mol. The fourth-order valence-corrected chi connectivity index (χ4v) is 4.66. The molecule has 0 radical (unpaired) electrons. The van der Waals surface area contributed by atoms with Crippen LogP contribution in [0.3, 0.4) is 0 Å². The summed E-state index contributed by atoms with van der Waals surface area (Å²) < 4.78 is 83.7. The minimum Gasteiger partial charge on any atom is -0.331 e. The van der Waals surface area contributed by atoms with E-state index < -0.39 is 51.8 Å². The molecule has 0 aliphatic carbocycles. The second kappa shape index (κ2) is 9.07. The van der Waals surface area contributed by atoms with Crippen LogP contribution < -0.4 is 4.72 Å². The van der Waals surface area contributed by atoms with Crippen LogP contribution in [0.2, 0.25) is 0 Å². The summed E-state index contributed by atoms with van der Waals surface area (Å²) in [5.74, 6) is -2.44. The van der Waals surface area contributed by atoms with Gasteiger partial charge < -0.3 is 9.80 Å². The van der Waals surface area contributed by atoms with E-state index in [9.17, 15) is 26.4 Å². The number of benzene rings is 2. The number of sulfonamides is 1. The van der Waals surface area contributed by atoms with Gasteiger partial charge in [-0.15, -0.1) is 0 Å². The topological polar surface area (TPSA) is 69.7 Å². The zero-order valence-corrected chi connectivity index (χ0v) is 18.5. The van der Waals surface area contributed by atoms with Gasteiger partial charge in [0.15, 0.2) is 0 Å². The maximum absolute atomic E-state index is 15.3. The first kappa shape index (κ1) is 24.0. The summed E-state index contributed by atoms with van der Waals surface area (Å²) in [4.78, 5) is 14.9. The van der Waals surface area contributed by atoms with Crippen LogP contribution in [0.1, 0.15) is 5.56 Å². The lowest BCUT2D eigenvalue weighted by Crippen LogP contribution is -2.51. The Kier molecular flexibility index (Phi) is 6.80. The molecule has 0 aromatic heterocycles. The molecular weight excluding hydrogens is 450 g/mol. The Labute approximate surface area is 183 Å². The average Bonchev–Trinajstić information content (AvgIpc) is 2.99.